The quantitative estimate of drug-likeness (QED) is 0.814. The van der Waals surface area contributed by atoms with Gasteiger partial charge in [-0.05, 0) is 38.6 Å². The topological polar surface area (TPSA) is 38.5 Å². The van der Waals surface area contributed by atoms with Crippen LogP contribution in [0.5, 0.6) is 0 Å². The van der Waals surface area contributed by atoms with Crippen LogP contribution in [0, 0.1) is 5.92 Å². The van der Waals surface area contributed by atoms with Crippen LogP contribution in [0.4, 0.5) is 13.2 Å². The molecule has 0 unspecified atom stereocenters. The molecule has 0 saturated heterocycles. The van der Waals surface area contributed by atoms with Gasteiger partial charge in [-0.1, -0.05) is 13.3 Å². The summed E-state index contributed by atoms with van der Waals surface area (Å²) in [5.41, 5.74) is 5.73. The average molecular weight is 282 g/mol. The van der Waals surface area contributed by atoms with Crippen molar-refractivity contribution in [3.63, 3.8) is 0 Å². The van der Waals surface area contributed by atoms with Crippen LogP contribution in [-0.2, 0) is 4.74 Å². The lowest BCUT2D eigenvalue weighted by molar-refractivity contribution is -0.325. The summed E-state index contributed by atoms with van der Waals surface area (Å²) in [4.78, 5) is 1.95. The van der Waals surface area contributed by atoms with E-state index < -0.39 is 6.36 Å². The zero-order valence-corrected chi connectivity index (χ0v) is 11.8. The lowest BCUT2D eigenvalue weighted by Crippen LogP contribution is -2.55. The van der Waals surface area contributed by atoms with Gasteiger partial charge in [0.1, 0.15) is 0 Å². The van der Waals surface area contributed by atoms with E-state index in [0.717, 1.165) is 31.6 Å². The van der Waals surface area contributed by atoms with Crippen molar-refractivity contribution < 1.29 is 17.9 Å². The molecule has 1 fully saturated rings. The molecule has 0 bridgehead atoms. The standard InChI is InChI=1S/C13H25F3N2O/c1-3-11-4-6-12(10-17,7-5-11)18(2)8-9-19-13(14,15)16/h11H,3-10,17H2,1-2H3. The van der Waals surface area contributed by atoms with Gasteiger partial charge in [0.25, 0.3) is 0 Å². The van der Waals surface area contributed by atoms with Gasteiger partial charge in [0, 0.05) is 18.6 Å². The molecule has 1 rings (SSSR count). The summed E-state index contributed by atoms with van der Waals surface area (Å²) in [6, 6.07) is 0. The van der Waals surface area contributed by atoms with Gasteiger partial charge in [-0.25, -0.2) is 0 Å². The number of alkyl halides is 3. The van der Waals surface area contributed by atoms with E-state index in [9.17, 15) is 13.2 Å². The molecule has 0 atom stereocenters. The Kier molecular flexibility index (Phi) is 6.08. The van der Waals surface area contributed by atoms with E-state index in [1.165, 1.54) is 6.42 Å². The molecule has 0 heterocycles. The van der Waals surface area contributed by atoms with E-state index in [1.807, 2.05) is 11.9 Å². The summed E-state index contributed by atoms with van der Waals surface area (Å²) in [5.74, 6) is 0.736. The highest BCUT2D eigenvalue weighted by atomic mass is 19.4. The monoisotopic (exact) mass is 282 g/mol. The van der Waals surface area contributed by atoms with Gasteiger partial charge < -0.3 is 5.73 Å². The number of ether oxygens (including phenoxy) is 1. The molecule has 19 heavy (non-hydrogen) atoms. The fourth-order valence-electron chi connectivity index (χ4n) is 2.90. The van der Waals surface area contributed by atoms with Crippen LogP contribution in [0.1, 0.15) is 39.0 Å². The first kappa shape index (κ1) is 16.7. The van der Waals surface area contributed by atoms with Crippen molar-refractivity contribution in [2.24, 2.45) is 11.7 Å². The molecular formula is C13H25F3N2O. The third-order valence-corrected chi connectivity index (χ3v) is 4.50. The highest BCUT2D eigenvalue weighted by molar-refractivity contribution is 4.94. The first-order chi connectivity index (χ1) is 8.83. The molecular weight excluding hydrogens is 257 g/mol. The Bertz CT molecular complexity index is 263. The van der Waals surface area contributed by atoms with Crippen molar-refractivity contribution in [2.75, 3.05) is 26.7 Å². The number of rotatable bonds is 6. The van der Waals surface area contributed by atoms with Gasteiger partial charge in [0.05, 0.1) is 6.61 Å². The van der Waals surface area contributed by atoms with Gasteiger partial charge in [0.2, 0.25) is 0 Å². The van der Waals surface area contributed by atoms with Crippen LogP contribution in [0.2, 0.25) is 0 Å². The summed E-state index contributed by atoms with van der Waals surface area (Å²) in [6.07, 6.45) is 0.767. The Hall–Kier alpha value is -0.330. The molecule has 6 heteroatoms. The van der Waals surface area contributed by atoms with Crippen molar-refractivity contribution in [3.8, 4) is 0 Å². The molecule has 0 radical (unpaired) electrons. The molecule has 2 N–H and O–H groups in total. The Balaban J connectivity index is 2.45. The molecule has 0 aromatic heterocycles. The molecule has 1 saturated carbocycles. The number of hydrogen-bond donors (Lipinski definition) is 1. The van der Waals surface area contributed by atoms with Crippen LogP contribution < -0.4 is 5.73 Å². The second kappa shape index (κ2) is 6.90. The van der Waals surface area contributed by atoms with E-state index in [4.69, 9.17) is 5.73 Å². The molecule has 0 aromatic rings. The van der Waals surface area contributed by atoms with Crippen molar-refractivity contribution in [2.45, 2.75) is 50.9 Å². The highest BCUT2D eigenvalue weighted by Crippen LogP contribution is 2.36. The molecule has 1 aliphatic rings. The summed E-state index contributed by atoms with van der Waals surface area (Å²) in [5, 5.41) is 0. The van der Waals surface area contributed by atoms with Crippen LogP contribution in [0.25, 0.3) is 0 Å². The van der Waals surface area contributed by atoms with Gasteiger partial charge in [-0.15, -0.1) is 13.2 Å². The normalized spacial score (nSPS) is 28.9. The number of nitrogens with two attached hydrogens (primary N) is 1. The van der Waals surface area contributed by atoms with E-state index in [-0.39, 0.29) is 18.7 Å². The Morgan fingerprint density at radius 3 is 2.32 bits per heavy atom. The number of likely N-dealkylation sites (N-methyl/N-ethyl adjacent to an activating group) is 1. The largest absolute Gasteiger partial charge is 0.522 e. The Morgan fingerprint density at radius 1 is 1.32 bits per heavy atom. The van der Waals surface area contributed by atoms with E-state index >= 15 is 0 Å². The molecule has 0 spiro atoms. The molecule has 0 aliphatic heterocycles. The van der Waals surface area contributed by atoms with Crippen LogP contribution in [0.3, 0.4) is 0 Å². The molecule has 1 aliphatic carbocycles. The fourth-order valence-corrected chi connectivity index (χ4v) is 2.90. The maximum absolute atomic E-state index is 12.0. The third-order valence-electron chi connectivity index (χ3n) is 4.50. The van der Waals surface area contributed by atoms with Gasteiger partial charge in [-0.3, -0.25) is 9.64 Å². The van der Waals surface area contributed by atoms with E-state index in [0.29, 0.717) is 6.54 Å². The van der Waals surface area contributed by atoms with Crippen LogP contribution in [0.15, 0.2) is 0 Å². The zero-order valence-electron chi connectivity index (χ0n) is 11.8. The minimum atomic E-state index is -4.55. The predicted molar refractivity (Wildman–Crippen MR) is 68.7 cm³/mol. The lowest BCUT2D eigenvalue weighted by atomic mass is 9.75. The molecule has 114 valence electrons. The van der Waals surface area contributed by atoms with Crippen molar-refractivity contribution in [1.29, 1.82) is 0 Å². The second-order valence-electron chi connectivity index (χ2n) is 5.50. The van der Waals surface area contributed by atoms with Crippen molar-refractivity contribution in [1.82, 2.24) is 4.90 Å². The second-order valence-corrected chi connectivity index (χ2v) is 5.50. The zero-order chi connectivity index (χ0) is 14.5. The third kappa shape index (κ3) is 4.93. The smallest absolute Gasteiger partial charge is 0.329 e. The first-order valence-electron chi connectivity index (χ1n) is 6.95. The fraction of sp³-hybridized carbons (Fsp3) is 1.00. The Morgan fingerprint density at radius 2 is 1.89 bits per heavy atom. The van der Waals surface area contributed by atoms with E-state index in [2.05, 4.69) is 11.7 Å². The molecule has 0 amide bonds. The predicted octanol–water partition coefficient (Wildman–Crippen LogP) is 2.75. The van der Waals surface area contributed by atoms with Gasteiger partial charge in [-0.2, -0.15) is 0 Å². The summed E-state index contributed by atoms with van der Waals surface area (Å²) in [7, 11) is 1.85. The summed E-state index contributed by atoms with van der Waals surface area (Å²) < 4.78 is 39.7. The van der Waals surface area contributed by atoms with Crippen molar-refractivity contribution in [3.05, 3.63) is 0 Å². The van der Waals surface area contributed by atoms with Crippen LogP contribution in [-0.4, -0.2) is 43.5 Å². The SMILES string of the molecule is CCC1CCC(CN)(N(C)CCOC(F)(F)F)CC1. The number of nitrogens with zero attached hydrogens (tertiary/aromatic N) is 1. The molecule has 3 nitrogen and oxygen atoms in total. The van der Waals surface area contributed by atoms with Crippen LogP contribution >= 0.6 is 0 Å². The summed E-state index contributed by atoms with van der Waals surface area (Å²) >= 11 is 0. The van der Waals surface area contributed by atoms with Gasteiger partial charge >= 0.3 is 6.36 Å². The minimum Gasteiger partial charge on any atom is -0.329 e. The van der Waals surface area contributed by atoms with E-state index in [1.54, 1.807) is 0 Å². The maximum atomic E-state index is 12.0. The lowest BCUT2D eigenvalue weighted by Gasteiger charge is -2.46. The maximum Gasteiger partial charge on any atom is 0.522 e. The number of hydrogen-bond acceptors (Lipinski definition) is 3. The number of halogens is 3. The molecule has 0 aromatic carbocycles. The first-order valence-corrected chi connectivity index (χ1v) is 6.95. The average Bonchev–Trinajstić information content (AvgIpc) is 2.37. The highest BCUT2D eigenvalue weighted by Gasteiger charge is 2.37. The minimum absolute atomic E-state index is 0.152. The van der Waals surface area contributed by atoms with Gasteiger partial charge in [0.15, 0.2) is 0 Å². The summed E-state index contributed by atoms with van der Waals surface area (Å²) in [6.45, 7) is 2.60. The van der Waals surface area contributed by atoms with Crippen molar-refractivity contribution >= 4 is 0 Å². The Labute approximate surface area is 113 Å².